The average molecular weight is 283 g/mol. The molecule has 6 heteroatoms. The van der Waals surface area contributed by atoms with Crippen LogP contribution in [0, 0.1) is 5.92 Å². The van der Waals surface area contributed by atoms with Crippen molar-refractivity contribution < 1.29 is 14.3 Å². The molecule has 0 saturated carbocycles. The summed E-state index contributed by atoms with van der Waals surface area (Å²) in [7, 11) is 0. The van der Waals surface area contributed by atoms with Crippen molar-refractivity contribution in [3.05, 3.63) is 0 Å². The first-order chi connectivity index (χ1) is 9.59. The van der Waals surface area contributed by atoms with E-state index in [-0.39, 0.29) is 23.8 Å². The average Bonchev–Trinajstić information content (AvgIpc) is 2.46. The van der Waals surface area contributed by atoms with Gasteiger partial charge in [0.05, 0.1) is 19.1 Å². The van der Waals surface area contributed by atoms with E-state index >= 15 is 0 Å². The number of rotatable bonds is 3. The molecule has 2 atom stereocenters. The van der Waals surface area contributed by atoms with E-state index in [1.807, 2.05) is 13.8 Å². The van der Waals surface area contributed by atoms with Gasteiger partial charge in [-0.3, -0.25) is 9.59 Å². The maximum Gasteiger partial charge on any atom is 0.245 e. The fourth-order valence-electron chi connectivity index (χ4n) is 2.76. The van der Waals surface area contributed by atoms with Crippen molar-refractivity contribution in [3.8, 4) is 0 Å². The third-order valence-corrected chi connectivity index (χ3v) is 3.79. The van der Waals surface area contributed by atoms with Gasteiger partial charge in [-0.1, -0.05) is 0 Å². The summed E-state index contributed by atoms with van der Waals surface area (Å²) in [6, 6.07) is -0.418. The standard InChI is InChI=1S/C14H25N3O3/c1-10(2)16-13(18)12-9-20-7-6-17(12)14(19)11-4-3-5-15-8-11/h10-12,15H,3-9H2,1-2H3,(H,16,18). The Kier molecular flexibility index (Phi) is 5.37. The SMILES string of the molecule is CC(C)NC(=O)C1COCCN1C(=O)C1CCCNC1. The van der Waals surface area contributed by atoms with Crippen molar-refractivity contribution in [3.63, 3.8) is 0 Å². The highest BCUT2D eigenvalue weighted by atomic mass is 16.5. The molecule has 2 amide bonds. The van der Waals surface area contributed by atoms with Gasteiger partial charge in [-0.15, -0.1) is 0 Å². The molecular formula is C14H25N3O3. The van der Waals surface area contributed by atoms with Gasteiger partial charge in [0.2, 0.25) is 11.8 Å². The Labute approximate surface area is 120 Å². The lowest BCUT2D eigenvalue weighted by Crippen LogP contribution is -2.58. The summed E-state index contributed by atoms with van der Waals surface area (Å²) in [4.78, 5) is 26.5. The van der Waals surface area contributed by atoms with Gasteiger partial charge < -0.3 is 20.3 Å². The van der Waals surface area contributed by atoms with Crippen molar-refractivity contribution in [1.82, 2.24) is 15.5 Å². The predicted molar refractivity (Wildman–Crippen MR) is 75.2 cm³/mol. The fourth-order valence-corrected chi connectivity index (χ4v) is 2.76. The molecule has 2 saturated heterocycles. The highest BCUT2D eigenvalue weighted by molar-refractivity contribution is 5.89. The van der Waals surface area contributed by atoms with Gasteiger partial charge in [-0.25, -0.2) is 0 Å². The molecule has 2 rings (SSSR count). The molecule has 0 aromatic carbocycles. The number of amides is 2. The normalized spacial score (nSPS) is 27.4. The maximum absolute atomic E-state index is 12.6. The molecule has 0 aromatic rings. The molecule has 2 heterocycles. The van der Waals surface area contributed by atoms with E-state index in [2.05, 4.69) is 10.6 Å². The Balaban J connectivity index is 2.01. The molecule has 0 aliphatic carbocycles. The summed E-state index contributed by atoms with van der Waals surface area (Å²) in [5, 5.41) is 6.12. The van der Waals surface area contributed by atoms with Gasteiger partial charge in [0.15, 0.2) is 0 Å². The van der Waals surface area contributed by atoms with Gasteiger partial charge in [0, 0.05) is 19.1 Å². The number of morpholine rings is 1. The maximum atomic E-state index is 12.6. The lowest BCUT2D eigenvalue weighted by atomic mass is 9.97. The zero-order valence-corrected chi connectivity index (χ0v) is 12.4. The van der Waals surface area contributed by atoms with Crippen LogP contribution in [-0.4, -0.2) is 61.6 Å². The minimum atomic E-state index is -0.486. The van der Waals surface area contributed by atoms with Crippen molar-refractivity contribution in [2.45, 2.75) is 38.8 Å². The third-order valence-electron chi connectivity index (χ3n) is 3.79. The van der Waals surface area contributed by atoms with Crippen LogP contribution in [0.15, 0.2) is 0 Å². The van der Waals surface area contributed by atoms with Gasteiger partial charge in [0.1, 0.15) is 6.04 Å². The van der Waals surface area contributed by atoms with Crippen LogP contribution in [0.4, 0.5) is 0 Å². The van der Waals surface area contributed by atoms with Gasteiger partial charge in [-0.05, 0) is 33.2 Å². The number of nitrogens with one attached hydrogen (secondary N) is 2. The summed E-state index contributed by atoms with van der Waals surface area (Å²) in [5.74, 6) is -0.0302. The van der Waals surface area contributed by atoms with Crippen LogP contribution in [-0.2, 0) is 14.3 Å². The molecule has 2 aliphatic rings. The van der Waals surface area contributed by atoms with Crippen molar-refractivity contribution in [1.29, 1.82) is 0 Å². The highest BCUT2D eigenvalue weighted by Crippen LogP contribution is 2.17. The first-order valence-electron chi connectivity index (χ1n) is 7.49. The van der Waals surface area contributed by atoms with E-state index in [0.717, 1.165) is 19.4 Å². The minimum absolute atomic E-state index is 0.00352. The van der Waals surface area contributed by atoms with E-state index in [9.17, 15) is 9.59 Å². The molecular weight excluding hydrogens is 258 g/mol. The Morgan fingerprint density at radius 1 is 1.40 bits per heavy atom. The van der Waals surface area contributed by atoms with Crippen LogP contribution in [0.5, 0.6) is 0 Å². The molecule has 0 bridgehead atoms. The molecule has 6 nitrogen and oxygen atoms in total. The zero-order chi connectivity index (χ0) is 14.5. The van der Waals surface area contributed by atoms with Crippen LogP contribution in [0.3, 0.4) is 0 Å². The predicted octanol–water partition coefficient (Wildman–Crippen LogP) is -0.262. The van der Waals surface area contributed by atoms with E-state index in [1.165, 1.54) is 0 Å². The second kappa shape index (κ2) is 7.04. The highest BCUT2D eigenvalue weighted by Gasteiger charge is 2.36. The van der Waals surface area contributed by atoms with Crippen LogP contribution >= 0.6 is 0 Å². The van der Waals surface area contributed by atoms with E-state index in [0.29, 0.717) is 26.3 Å². The van der Waals surface area contributed by atoms with Crippen LogP contribution in [0.25, 0.3) is 0 Å². The summed E-state index contributed by atoms with van der Waals surface area (Å²) in [6.45, 7) is 6.84. The quantitative estimate of drug-likeness (QED) is 0.748. The molecule has 20 heavy (non-hydrogen) atoms. The summed E-state index contributed by atoms with van der Waals surface area (Å²) >= 11 is 0. The number of nitrogens with zero attached hydrogens (tertiary/aromatic N) is 1. The first-order valence-corrected chi connectivity index (χ1v) is 7.49. The molecule has 2 aliphatic heterocycles. The second-order valence-corrected chi connectivity index (χ2v) is 5.83. The van der Waals surface area contributed by atoms with Crippen molar-refractivity contribution in [2.75, 3.05) is 32.8 Å². The van der Waals surface area contributed by atoms with Crippen molar-refractivity contribution >= 4 is 11.8 Å². The van der Waals surface area contributed by atoms with Gasteiger partial charge in [0.25, 0.3) is 0 Å². The Morgan fingerprint density at radius 2 is 2.20 bits per heavy atom. The zero-order valence-electron chi connectivity index (χ0n) is 12.4. The number of ether oxygens (including phenoxy) is 1. The Hall–Kier alpha value is -1.14. The van der Waals surface area contributed by atoms with Crippen LogP contribution in [0.2, 0.25) is 0 Å². The van der Waals surface area contributed by atoms with Crippen molar-refractivity contribution in [2.24, 2.45) is 5.92 Å². The van der Waals surface area contributed by atoms with E-state index in [1.54, 1.807) is 4.90 Å². The van der Waals surface area contributed by atoms with Crippen LogP contribution < -0.4 is 10.6 Å². The van der Waals surface area contributed by atoms with Gasteiger partial charge >= 0.3 is 0 Å². The largest absolute Gasteiger partial charge is 0.377 e. The number of carbonyl (C=O) groups is 2. The Bertz CT molecular complexity index is 354. The van der Waals surface area contributed by atoms with E-state index < -0.39 is 6.04 Å². The van der Waals surface area contributed by atoms with Crippen LogP contribution in [0.1, 0.15) is 26.7 Å². The first kappa shape index (κ1) is 15.3. The molecule has 0 spiro atoms. The minimum Gasteiger partial charge on any atom is -0.377 e. The molecule has 0 radical (unpaired) electrons. The number of hydrogen-bond acceptors (Lipinski definition) is 4. The number of piperidine rings is 1. The number of hydrogen-bond donors (Lipinski definition) is 2. The monoisotopic (exact) mass is 283 g/mol. The third kappa shape index (κ3) is 3.70. The molecule has 114 valence electrons. The summed E-state index contributed by atoms with van der Waals surface area (Å²) in [5.41, 5.74) is 0. The molecule has 0 aromatic heterocycles. The summed E-state index contributed by atoms with van der Waals surface area (Å²) in [6.07, 6.45) is 1.92. The lowest BCUT2D eigenvalue weighted by molar-refractivity contribution is -0.152. The summed E-state index contributed by atoms with van der Waals surface area (Å²) < 4.78 is 5.38. The molecule has 2 fully saturated rings. The number of carbonyl (C=O) groups excluding carboxylic acids is 2. The Morgan fingerprint density at radius 3 is 2.85 bits per heavy atom. The van der Waals surface area contributed by atoms with E-state index in [4.69, 9.17) is 4.74 Å². The topological polar surface area (TPSA) is 70.7 Å². The lowest BCUT2D eigenvalue weighted by Gasteiger charge is -2.37. The molecule has 2 unspecified atom stereocenters. The smallest absolute Gasteiger partial charge is 0.245 e. The molecule has 2 N–H and O–H groups in total. The fraction of sp³-hybridized carbons (Fsp3) is 0.857. The van der Waals surface area contributed by atoms with Gasteiger partial charge in [-0.2, -0.15) is 0 Å². The second-order valence-electron chi connectivity index (χ2n) is 5.83.